The first kappa shape index (κ1) is 13.9. The van der Waals surface area contributed by atoms with E-state index in [4.69, 9.17) is 14.2 Å². The van der Waals surface area contributed by atoms with Gasteiger partial charge in [0.2, 0.25) is 0 Å². The summed E-state index contributed by atoms with van der Waals surface area (Å²) < 4.78 is 16.1. The van der Waals surface area contributed by atoms with Gasteiger partial charge in [-0.2, -0.15) is 0 Å². The number of ether oxygens (including phenoxy) is 3. The molecule has 0 aliphatic carbocycles. The highest BCUT2D eigenvalue weighted by Gasteiger charge is 2.10. The van der Waals surface area contributed by atoms with Crippen LogP contribution >= 0.6 is 0 Å². The third kappa shape index (κ3) is 4.26. The third-order valence-electron chi connectivity index (χ3n) is 2.87. The quantitative estimate of drug-likeness (QED) is 0.798. The standard InChI is InChI=1S/C15H21NO3/c1-12(11-16-5-6-17-2)9-13-3-4-14-15(10-13)19-8-7-18-14/h3-4,9-10,16H,5-8,11H2,1-2H3. The largest absolute Gasteiger partial charge is 0.486 e. The Kier molecular flexibility index (Phi) is 5.24. The van der Waals surface area contributed by atoms with Crippen LogP contribution in [0, 0.1) is 0 Å². The fourth-order valence-corrected chi connectivity index (χ4v) is 1.95. The van der Waals surface area contributed by atoms with Crippen molar-refractivity contribution in [3.63, 3.8) is 0 Å². The van der Waals surface area contributed by atoms with Gasteiger partial charge in [-0.25, -0.2) is 0 Å². The second-order valence-electron chi connectivity index (χ2n) is 4.56. The van der Waals surface area contributed by atoms with Gasteiger partial charge < -0.3 is 19.5 Å². The van der Waals surface area contributed by atoms with Crippen molar-refractivity contribution in [2.75, 3.05) is 40.0 Å². The molecular weight excluding hydrogens is 242 g/mol. The zero-order valence-electron chi connectivity index (χ0n) is 11.6. The van der Waals surface area contributed by atoms with Crippen molar-refractivity contribution in [1.29, 1.82) is 0 Å². The molecule has 1 N–H and O–H groups in total. The number of rotatable bonds is 6. The molecule has 0 bridgehead atoms. The Hall–Kier alpha value is -1.52. The summed E-state index contributed by atoms with van der Waals surface area (Å²) in [6.07, 6.45) is 2.15. The maximum Gasteiger partial charge on any atom is 0.161 e. The van der Waals surface area contributed by atoms with Gasteiger partial charge in [-0.1, -0.05) is 17.7 Å². The average molecular weight is 263 g/mol. The number of hydrogen-bond donors (Lipinski definition) is 1. The minimum Gasteiger partial charge on any atom is -0.486 e. The van der Waals surface area contributed by atoms with E-state index in [0.717, 1.165) is 36.8 Å². The number of benzene rings is 1. The Morgan fingerprint density at radius 3 is 2.89 bits per heavy atom. The van der Waals surface area contributed by atoms with Crippen LogP contribution in [0.1, 0.15) is 12.5 Å². The van der Waals surface area contributed by atoms with Crippen LogP contribution in [0.15, 0.2) is 23.8 Å². The molecule has 0 spiro atoms. The number of hydrogen-bond acceptors (Lipinski definition) is 4. The van der Waals surface area contributed by atoms with Crippen LogP contribution in [0.4, 0.5) is 0 Å². The van der Waals surface area contributed by atoms with Crippen molar-refractivity contribution < 1.29 is 14.2 Å². The lowest BCUT2D eigenvalue weighted by Crippen LogP contribution is -2.20. The van der Waals surface area contributed by atoms with Crippen LogP contribution in [0.5, 0.6) is 11.5 Å². The molecule has 4 heteroatoms. The van der Waals surface area contributed by atoms with Gasteiger partial charge in [-0.3, -0.25) is 0 Å². The second-order valence-corrected chi connectivity index (χ2v) is 4.56. The first-order valence-electron chi connectivity index (χ1n) is 6.56. The summed E-state index contributed by atoms with van der Waals surface area (Å²) in [6, 6.07) is 6.03. The lowest BCUT2D eigenvalue weighted by Gasteiger charge is -2.18. The molecule has 1 aliphatic heterocycles. The molecule has 0 amide bonds. The predicted molar refractivity (Wildman–Crippen MR) is 75.8 cm³/mol. The van der Waals surface area contributed by atoms with Crippen LogP contribution in [0.2, 0.25) is 0 Å². The predicted octanol–water partition coefficient (Wildman–Crippen LogP) is 2.10. The van der Waals surface area contributed by atoms with Gasteiger partial charge in [0.15, 0.2) is 11.5 Å². The van der Waals surface area contributed by atoms with Gasteiger partial charge >= 0.3 is 0 Å². The fraction of sp³-hybridized carbons (Fsp3) is 0.467. The molecule has 104 valence electrons. The Morgan fingerprint density at radius 1 is 1.32 bits per heavy atom. The maximum atomic E-state index is 5.57. The molecule has 1 aromatic rings. The third-order valence-corrected chi connectivity index (χ3v) is 2.87. The van der Waals surface area contributed by atoms with Crippen LogP contribution in [-0.4, -0.2) is 40.0 Å². The zero-order valence-corrected chi connectivity index (χ0v) is 11.6. The molecule has 1 aliphatic rings. The van der Waals surface area contributed by atoms with Crippen LogP contribution in [0.3, 0.4) is 0 Å². The van der Waals surface area contributed by atoms with Gasteiger partial charge in [0.25, 0.3) is 0 Å². The van der Waals surface area contributed by atoms with Gasteiger partial charge in [0.1, 0.15) is 13.2 Å². The van der Waals surface area contributed by atoms with E-state index in [0.29, 0.717) is 13.2 Å². The molecule has 1 aromatic carbocycles. The Morgan fingerprint density at radius 2 is 2.11 bits per heavy atom. The first-order chi connectivity index (χ1) is 9.29. The number of fused-ring (bicyclic) bond motifs is 1. The molecule has 0 atom stereocenters. The molecule has 4 nitrogen and oxygen atoms in total. The summed E-state index contributed by atoms with van der Waals surface area (Å²) in [5, 5.41) is 3.32. The Balaban J connectivity index is 1.93. The summed E-state index contributed by atoms with van der Waals surface area (Å²) in [4.78, 5) is 0. The van der Waals surface area contributed by atoms with E-state index in [-0.39, 0.29) is 0 Å². The van der Waals surface area contributed by atoms with E-state index in [1.54, 1.807) is 7.11 Å². The number of nitrogens with one attached hydrogen (secondary N) is 1. The maximum absolute atomic E-state index is 5.57. The Bertz CT molecular complexity index is 443. The average Bonchev–Trinajstić information content (AvgIpc) is 2.43. The lowest BCUT2D eigenvalue weighted by molar-refractivity contribution is 0.171. The SMILES string of the molecule is COCCNCC(C)=Cc1ccc2c(c1)OCCO2. The van der Waals surface area contributed by atoms with Crippen molar-refractivity contribution in [2.45, 2.75) is 6.92 Å². The van der Waals surface area contributed by atoms with Gasteiger partial charge in [0.05, 0.1) is 6.61 Å². The van der Waals surface area contributed by atoms with Gasteiger partial charge in [0, 0.05) is 20.2 Å². The van der Waals surface area contributed by atoms with Crippen molar-refractivity contribution in [3.8, 4) is 11.5 Å². The molecule has 0 aromatic heterocycles. The highest BCUT2D eigenvalue weighted by molar-refractivity contribution is 5.58. The summed E-state index contributed by atoms with van der Waals surface area (Å²) >= 11 is 0. The lowest BCUT2D eigenvalue weighted by atomic mass is 10.1. The van der Waals surface area contributed by atoms with E-state index in [1.807, 2.05) is 18.2 Å². The first-order valence-corrected chi connectivity index (χ1v) is 6.56. The van der Waals surface area contributed by atoms with Gasteiger partial charge in [-0.15, -0.1) is 0 Å². The number of methoxy groups -OCH3 is 1. The molecule has 19 heavy (non-hydrogen) atoms. The summed E-state index contributed by atoms with van der Waals surface area (Å²) in [5.41, 5.74) is 2.41. The monoisotopic (exact) mass is 263 g/mol. The van der Waals surface area contributed by atoms with Crippen LogP contribution in [-0.2, 0) is 4.74 Å². The molecule has 0 radical (unpaired) electrons. The van der Waals surface area contributed by atoms with Crippen molar-refractivity contribution in [2.24, 2.45) is 0 Å². The van der Waals surface area contributed by atoms with E-state index >= 15 is 0 Å². The highest BCUT2D eigenvalue weighted by atomic mass is 16.6. The van der Waals surface area contributed by atoms with E-state index < -0.39 is 0 Å². The highest BCUT2D eigenvalue weighted by Crippen LogP contribution is 2.31. The summed E-state index contributed by atoms with van der Waals surface area (Å²) in [7, 11) is 1.71. The van der Waals surface area contributed by atoms with Crippen LogP contribution in [0.25, 0.3) is 6.08 Å². The van der Waals surface area contributed by atoms with Crippen molar-refractivity contribution in [1.82, 2.24) is 5.32 Å². The van der Waals surface area contributed by atoms with Gasteiger partial charge in [-0.05, 0) is 24.6 Å². The van der Waals surface area contributed by atoms with Crippen molar-refractivity contribution >= 4 is 6.08 Å². The molecular formula is C15H21NO3. The molecule has 0 saturated carbocycles. The van der Waals surface area contributed by atoms with E-state index in [1.165, 1.54) is 5.57 Å². The Labute approximate surface area is 114 Å². The molecule has 0 saturated heterocycles. The molecule has 0 unspecified atom stereocenters. The summed E-state index contributed by atoms with van der Waals surface area (Å²) in [6.45, 7) is 5.82. The fourth-order valence-electron chi connectivity index (χ4n) is 1.95. The second kappa shape index (κ2) is 7.16. The van der Waals surface area contributed by atoms with E-state index in [2.05, 4.69) is 18.3 Å². The molecule has 1 heterocycles. The van der Waals surface area contributed by atoms with Crippen molar-refractivity contribution in [3.05, 3.63) is 29.3 Å². The smallest absolute Gasteiger partial charge is 0.161 e. The topological polar surface area (TPSA) is 39.7 Å². The minimum atomic E-state index is 0.623. The summed E-state index contributed by atoms with van der Waals surface area (Å²) in [5.74, 6) is 1.67. The molecule has 2 rings (SSSR count). The van der Waals surface area contributed by atoms with E-state index in [9.17, 15) is 0 Å². The normalized spacial score (nSPS) is 14.5. The zero-order chi connectivity index (χ0) is 13.5. The van der Waals surface area contributed by atoms with Crippen LogP contribution < -0.4 is 14.8 Å². The minimum absolute atomic E-state index is 0.623. The molecule has 0 fully saturated rings.